The van der Waals surface area contributed by atoms with Crippen LogP contribution < -0.4 is 9.62 Å². The Morgan fingerprint density at radius 1 is 1.14 bits per heavy atom. The number of nitrogens with zero attached hydrogens (tertiary/aromatic N) is 1. The van der Waals surface area contributed by atoms with E-state index in [-0.39, 0.29) is 11.4 Å². The van der Waals surface area contributed by atoms with Crippen LogP contribution in [-0.2, 0) is 16.6 Å². The highest BCUT2D eigenvalue weighted by molar-refractivity contribution is 7.97. The summed E-state index contributed by atoms with van der Waals surface area (Å²) in [7, 11) is -4.12. The summed E-state index contributed by atoms with van der Waals surface area (Å²) in [6.07, 6.45) is 1.23. The first kappa shape index (κ1) is 19.4. The van der Waals surface area contributed by atoms with Gasteiger partial charge in [-0.2, -0.15) is 0 Å². The molecule has 0 spiro atoms. The minimum absolute atomic E-state index is 0.0705. The Morgan fingerprint density at radius 3 is 2.69 bits per heavy atom. The zero-order valence-electron chi connectivity index (χ0n) is 15.4. The Morgan fingerprint density at radius 2 is 1.93 bits per heavy atom. The lowest BCUT2D eigenvalue weighted by atomic mass is 10.2. The quantitative estimate of drug-likeness (QED) is 0.613. The van der Waals surface area contributed by atoms with Crippen LogP contribution in [0.15, 0.2) is 71.1 Å². The number of aryl methyl sites for hydroxylation is 1. The van der Waals surface area contributed by atoms with Crippen molar-refractivity contribution in [3.05, 3.63) is 92.9 Å². The Bertz CT molecular complexity index is 1230. The highest BCUT2D eigenvalue weighted by Crippen LogP contribution is 2.39. The number of Topliss-reactive ketones (excluding diaryl/α,β-unsaturated/α-hetero) is 1. The van der Waals surface area contributed by atoms with E-state index in [9.17, 15) is 17.6 Å². The maximum Gasteiger partial charge on any atom is 0.270 e. The molecule has 1 N–H and O–H groups in total. The monoisotopic (exact) mass is 428 g/mol. The molecule has 1 aliphatic rings. The fourth-order valence-electron chi connectivity index (χ4n) is 3.14. The number of hydrogen-bond acceptors (Lipinski definition) is 5. The number of hydrogen-bond donors (Lipinski definition) is 1. The van der Waals surface area contributed by atoms with E-state index >= 15 is 0 Å². The average molecular weight is 429 g/mol. The van der Waals surface area contributed by atoms with Gasteiger partial charge < -0.3 is 5.32 Å². The zero-order valence-corrected chi connectivity index (χ0v) is 17.1. The predicted molar refractivity (Wildman–Crippen MR) is 113 cm³/mol. The van der Waals surface area contributed by atoms with E-state index in [1.165, 1.54) is 35.7 Å². The van der Waals surface area contributed by atoms with Crippen LogP contribution in [0.3, 0.4) is 0 Å². The zero-order chi connectivity index (χ0) is 20.6. The van der Waals surface area contributed by atoms with Crippen molar-refractivity contribution in [3.63, 3.8) is 0 Å². The van der Waals surface area contributed by atoms with Crippen LogP contribution in [0.2, 0.25) is 0 Å². The number of carbonyl (C=O) groups is 1. The first-order chi connectivity index (χ1) is 13.9. The highest BCUT2D eigenvalue weighted by atomic mass is 32.2. The molecule has 148 valence electrons. The van der Waals surface area contributed by atoms with Crippen molar-refractivity contribution in [1.82, 2.24) is 0 Å². The predicted octanol–water partition coefficient (Wildman–Crippen LogP) is 4.68. The van der Waals surface area contributed by atoms with E-state index in [4.69, 9.17) is 0 Å². The SMILES string of the molecule is Cc1cccc(NC=C2C(=O)c3sccc3N(Cc3cccc(F)c3)S2(=O)=O)c1. The first-order valence-corrected chi connectivity index (χ1v) is 11.1. The molecule has 0 saturated carbocycles. The third-order valence-electron chi connectivity index (χ3n) is 4.51. The average Bonchev–Trinajstić information content (AvgIpc) is 3.15. The molecule has 8 heteroatoms. The number of thiophene rings is 1. The molecule has 0 unspecified atom stereocenters. The van der Waals surface area contributed by atoms with Gasteiger partial charge in [-0.1, -0.05) is 24.3 Å². The number of sulfonamides is 1. The molecule has 0 saturated heterocycles. The van der Waals surface area contributed by atoms with Gasteiger partial charge in [0.1, 0.15) is 10.7 Å². The number of halogens is 1. The lowest BCUT2D eigenvalue weighted by molar-refractivity contribution is 0.104. The highest BCUT2D eigenvalue weighted by Gasteiger charge is 2.41. The van der Waals surface area contributed by atoms with Crippen LogP contribution in [0, 0.1) is 12.7 Å². The Hall–Kier alpha value is -2.97. The third-order valence-corrected chi connectivity index (χ3v) is 7.18. The Kier molecular flexibility index (Phi) is 4.97. The molecule has 0 radical (unpaired) electrons. The number of ketones is 1. The van der Waals surface area contributed by atoms with Gasteiger partial charge in [-0.3, -0.25) is 9.10 Å². The molecular weight excluding hydrogens is 411 g/mol. The van der Waals surface area contributed by atoms with E-state index < -0.39 is 21.6 Å². The van der Waals surface area contributed by atoms with Gasteiger partial charge >= 0.3 is 0 Å². The molecule has 0 bridgehead atoms. The van der Waals surface area contributed by atoms with Crippen LogP contribution in [0.5, 0.6) is 0 Å². The van der Waals surface area contributed by atoms with Crippen molar-refractivity contribution in [2.75, 3.05) is 9.62 Å². The van der Waals surface area contributed by atoms with Crippen molar-refractivity contribution in [3.8, 4) is 0 Å². The van der Waals surface area contributed by atoms with Crippen molar-refractivity contribution in [2.24, 2.45) is 0 Å². The van der Waals surface area contributed by atoms with Gasteiger partial charge in [-0.15, -0.1) is 11.3 Å². The Labute approximate surface area is 172 Å². The molecule has 3 aromatic rings. The van der Waals surface area contributed by atoms with Gasteiger partial charge in [0.15, 0.2) is 4.91 Å². The number of rotatable bonds is 4. The second kappa shape index (κ2) is 7.46. The summed E-state index contributed by atoms with van der Waals surface area (Å²) in [6.45, 7) is 1.85. The number of anilines is 2. The summed E-state index contributed by atoms with van der Waals surface area (Å²) in [5.41, 5.74) is 2.48. The van der Waals surface area contributed by atoms with Crippen LogP contribution in [0.4, 0.5) is 15.8 Å². The van der Waals surface area contributed by atoms with Gasteiger partial charge in [0, 0.05) is 11.9 Å². The smallest absolute Gasteiger partial charge is 0.270 e. The van der Waals surface area contributed by atoms with Gasteiger partial charge in [-0.25, -0.2) is 12.8 Å². The fourth-order valence-corrected chi connectivity index (χ4v) is 5.62. The van der Waals surface area contributed by atoms with E-state index in [1.807, 2.05) is 25.1 Å². The molecule has 0 amide bonds. The lowest BCUT2D eigenvalue weighted by Crippen LogP contribution is -2.38. The van der Waals surface area contributed by atoms with E-state index in [0.717, 1.165) is 9.87 Å². The van der Waals surface area contributed by atoms with Gasteiger partial charge in [0.25, 0.3) is 10.0 Å². The first-order valence-electron chi connectivity index (χ1n) is 8.79. The number of nitrogens with one attached hydrogen (secondary N) is 1. The molecule has 0 aliphatic carbocycles. The normalized spacial score (nSPS) is 16.7. The summed E-state index contributed by atoms with van der Waals surface area (Å²) >= 11 is 1.18. The molecule has 4 rings (SSSR count). The number of carbonyl (C=O) groups excluding carboxylic acids is 1. The molecule has 2 heterocycles. The van der Waals surface area contributed by atoms with E-state index in [0.29, 0.717) is 21.8 Å². The lowest BCUT2D eigenvalue weighted by Gasteiger charge is -2.29. The maximum atomic E-state index is 13.6. The third kappa shape index (κ3) is 3.68. The maximum absolute atomic E-state index is 13.6. The minimum atomic E-state index is -4.12. The largest absolute Gasteiger partial charge is 0.360 e. The topological polar surface area (TPSA) is 66.5 Å². The number of allylic oxidation sites excluding steroid dienone is 1. The molecule has 0 fully saturated rings. The van der Waals surface area contributed by atoms with Crippen LogP contribution in [-0.4, -0.2) is 14.2 Å². The number of fused-ring (bicyclic) bond motifs is 1. The van der Waals surface area contributed by atoms with Gasteiger partial charge in [0.2, 0.25) is 5.78 Å². The standard InChI is InChI=1S/C21H17FN2O3S2/c1-14-4-2-7-17(10-14)23-12-19-20(25)21-18(8-9-28-21)24(29(19,26)27)13-15-5-3-6-16(22)11-15/h2-12,23H,13H2,1H3. The summed E-state index contributed by atoms with van der Waals surface area (Å²) < 4.78 is 41.3. The van der Waals surface area contributed by atoms with Crippen LogP contribution >= 0.6 is 11.3 Å². The van der Waals surface area contributed by atoms with Gasteiger partial charge in [0.05, 0.1) is 12.2 Å². The van der Waals surface area contributed by atoms with Crippen molar-refractivity contribution in [2.45, 2.75) is 13.5 Å². The fraction of sp³-hybridized carbons (Fsp3) is 0.0952. The van der Waals surface area contributed by atoms with Crippen molar-refractivity contribution >= 4 is 38.5 Å². The summed E-state index contributed by atoms with van der Waals surface area (Å²) in [4.78, 5) is 12.9. The van der Waals surface area contributed by atoms with E-state index in [1.54, 1.807) is 23.6 Å². The summed E-state index contributed by atoms with van der Waals surface area (Å²) in [5.74, 6) is -0.999. The van der Waals surface area contributed by atoms with Crippen molar-refractivity contribution < 1.29 is 17.6 Å². The molecule has 1 aliphatic heterocycles. The Balaban J connectivity index is 1.75. The molecule has 1 aromatic heterocycles. The van der Waals surface area contributed by atoms with Crippen LogP contribution in [0.1, 0.15) is 20.8 Å². The second-order valence-electron chi connectivity index (χ2n) is 6.63. The van der Waals surface area contributed by atoms with E-state index in [2.05, 4.69) is 5.32 Å². The molecule has 5 nitrogen and oxygen atoms in total. The van der Waals surface area contributed by atoms with Crippen LogP contribution in [0.25, 0.3) is 0 Å². The molecule has 29 heavy (non-hydrogen) atoms. The van der Waals surface area contributed by atoms with Crippen molar-refractivity contribution in [1.29, 1.82) is 0 Å². The van der Waals surface area contributed by atoms with Gasteiger partial charge in [-0.05, 0) is 53.8 Å². The molecular formula is C21H17FN2O3S2. The summed E-state index contributed by atoms with van der Waals surface area (Å²) in [5, 5.41) is 4.59. The number of benzene rings is 2. The second-order valence-corrected chi connectivity index (χ2v) is 9.37. The summed E-state index contributed by atoms with van der Waals surface area (Å²) in [6, 6.07) is 14.7. The molecule has 2 aromatic carbocycles. The minimum Gasteiger partial charge on any atom is -0.360 e. The molecule has 0 atom stereocenters.